The highest BCUT2D eigenvalue weighted by Gasteiger charge is 2.23. The molecule has 1 fully saturated rings. The summed E-state index contributed by atoms with van der Waals surface area (Å²) in [5.74, 6) is 0.0312. The molecule has 0 aromatic heterocycles. The molecule has 2 atom stereocenters. The second-order valence-electron chi connectivity index (χ2n) is 4.10. The van der Waals surface area contributed by atoms with E-state index in [0.717, 1.165) is 13.0 Å². The molecule has 0 radical (unpaired) electrons. The predicted molar refractivity (Wildman–Crippen MR) is 59.7 cm³/mol. The highest BCUT2D eigenvalue weighted by Crippen LogP contribution is 2.20. The Balaban J connectivity index is 2.15. The van der Waals surface area contributed by atoms with E-state index in [2.05, 4.69) is 10.6 Å². The molecule has 2 unspecified atom stereocenters. The molecule has 0 spiro atoms. The van der Waals surface area contributed by atoms with Gasteiger partial charge in [0.2, 0.25) is 5.91 Å². The van der Waals surface area contributed by atoms with Crippen molar-refractivity contribution in [1.82, 2.24) is 10.6 Å². The maximum absolute atomic E-state index is 10.7. The average Bonchev–Trinajstić information content (AvgIpc) is 2.24. The van der Waals surface area contributed by atoms with E-state index in [1.54, 1.807) is 14.0 Å². The van der Waals surface area contributed by atoms with E-state index in [-0.39, 0.29) is 5.91 Å². The fourth-order valence-electron chi connectivity index (χ4n) is 2.11. The van der Waals surface area contributed by atoms with Crippen molar-refractivity contribution < 1.29 is 9.53 Å². The van der Waals surface area contributed by atoms with Gasteiger partial charge in [0.05, 0.1) is 6.10 Å². The Morgan fingerprint density at radius 2 is 2.07 bits per heavy atom. The monoisotopic (exact) mass is 214 g/mol. The van der Waals surface area contributed by atoms with Gasteiger partial charge in [-0.15, -0.1) is 0 Å². The Morgan fingerprint density at radius 3 is 2.73 bits per heavy atom. The number of rotatable bonds is 5. The van der Waals surface area contributed by atoms with Crippen LogP contribution in [-0.2, 0) is 9.53 Å². The van der Waals surface area contributed by atoms with Gasteiger partial charge >= 0.3 is 0 Å². The molecule has 1 saturated carbocycles. The van der Waals surface area contributed by atoms with Crippen molar-refractivity contribution in [3.63, 3.8) is 0 Å². The molecular formula is C11H22N2O2. The molecule has 0 heterocycles. The van der Waals surface area contributed by atoms with E-state index in [1.807, 2.05) is 0 Å². The Bertz CT molecular complexity index is 197. The van der Waals surface area contributed by atoms with E-state index in [1.165, 1.54) is 19.3 Å². The number of hydrogen-bond acceptors (Lipinski definition) is 3. The zero-order chi connectivity index (χ0) is 11.1. The van der Waals surface area contributed by atoms with Gasteiger partial charge in [-0.2, -0.15) is 0 Å². The standard InChI is InChI=1S/C11H22N2O2/c1-9(14)12-7-8-13-10-5-3-4-6-11(10)15-2/h10-11,13H,3-8H2,1-2H3,(H,12,14). The Labute approximate surface area is 91.8 Å². The molecule has 0 aliphatic heterocycles. The van der Waals surface area contributed by atoms with Gasteiger partial charge in [0.25, 0.3) is 0 Å². The first-order valence-electron chi connectivity index (χ1n) is 5.74. The number of ether oxygens (including phenoxy) is 1. The van der Waals surface area contributed by atoms with Crippen LogP contribution in [0, 0.1) is 0 Å². The molecule has 0 aromatic rings. The summed E-state index contributed by atoms with van der Waals surface area (Å²) in [6.07, 6.45) is 5.21. The maximum atomic E-state index is 10.7. The summed E-state index contributed by atoms with van der Waals surface area (Å²) < 4.78 is 5.43. The Morgan fingerprint density at radius 1 is 1.33 bits per heavy atom. The van der Waals surface area contributed by atoms with Crippen molar-refractivity contribution >= 4 is 5.91 Å². The van der Waals surface area contributed by atoms with E-state index in [9.17, 15) is 4.79 Å². The zero-order valence-corrected chi connectivity index (χ0v) is 9.71. The van der Waals surface area contributed by atoms with Crippen LogP contribution in [0.2, 0.25) is 0 Å². The number of amides is 1. The minimum absolute atomic E-state index is 0.0312. The zero-order valence-electron chi connectivity index (χ0n) is 9.71. The SMILES string of the molecule is COC1CCCCC1NCCNC(C)=O. The van der Waals surface area contributed by atoms with Crippen LogP contribution in [0.3, 0.4) is 0 Å². The van der Waals surface area contributed by atoms with E-state index in [0.29, 0.717) is 18.7 Å². The Kier molecular flexibility index (Phi) is 5.65. The lowest BCUT2D eigenvalue weighted by Crippen LogP contribution is -2.45. The van der Waals surface area contributed by atoms with Crippen LogP contribution in [0.1, 0.15) is 32.6 Å². The normalized spacial score (nSPS) is 26.3. The molecule has 1 aliphatic carbocycles. The van der Waals surface area contributed by atoms with Crippen LogP contribution in [-0.4, -0.2) is 38.3 Å². The molecule has 1 rings (SSSR count). The Hall–Kier alpha value is -0.610. The van der Waals surface area contributed by atoms with Gasteiger partial charge in [-0.1, -0.05) is 12.8 Å². The summed E-state index contributed by atoms with van der Waals surface area (Å²) in [5, 5.41) is 6.21. The summed E-state index contributed by atoms with van der Waals surface area (Å²) in [6.45, 7) is 3.06. The lowest BCUT2D eigenvalue weighted by atomic mass is 9.92. The molecule has 2 N–H and O–H groups in total. The molecule has 4 heteroatoms. The third-order valence-electron chi connectivity index (χ3n) is 2.91. The van der Waals surface area contributed by atoms with Crippen LogP contribution in [0.4, 0.5) is 0 Å². The van der Waals surface area contributed by atoms with Gasteiger partial charge in [-0.05, 0) is 12.8 Å². The molecule has 4 nitrogen and oxygen atoms in total. The molecular weight excluding hydrogens is 192 g/mol. The van der Waals surface area contributed by atoms with E-state index >= 15 is 0 Å². The van der Waals surface area contributed by atoms with Gasteiger partial charge in [-0.3, -0.25) is 4.79 Å². The topological polar surface area (TPSA) is 50.4 Å². The fourth-order valence-corrected chi connectivity index (χ4v) is 2.11. The second-order valence-corrected chi connectivity index (χ2v) is 4.10. The average molecular weight is 214 g/mol. The molecule has 1 amide bonds. The number of carbonyl (C=O) groups excluding carboxylic acids is 1. The van der Waals surface area contributed by atoms with Gasteiger partial charge in [0.15, 0.2) is 0 Å². The largest absolute Gasteiger partial charge is 0.380 e. The summed E-state index contributed by atoms with van der Waals surface area (Å²) in [7, 11) is 1.78. The molecule has 0 saturated heterocycles. The third kappa shape index (κ3) is 4.62. The summed E-state index contributed by atoms with van der Waals surface area (Å²) >= 11 is 0. The van der Waals surface area contributed by atoms with Crippen molar-refractivity contribution in [2.24, 2.45) is 0 Å². The van der Waals surface area contributed by atoms with Gasteiger partial charge in [0.1, 0.15) is 0 Å². The maximum Gasteiger partial charge on any atom is 0.216 e. The first-order valence-corrected chi connectivity index (χ1v) is 5.74. The van der Waals surface area contributed by atoms with Crippen LogP contribution in [0.15, 0.2) is 0 Å². The molecule has 0 aromatic carbocycles. The summed E-state index contributed by atoms with van der Waals surface area (Å²) in [6, 6.07) is 0.456. The minimum Gasteiger partial charge on any atom is -0.380 e. The van der Waals surface area contributed by atoms with Crippen molar-refractivity contribution in [2.75, 3.05) is 20.2 Å². The van der Waals surface area contributed by atoms with Crippen LogP contribution in [0.25, 0.3) is 0 Å². The summed E-state index contributed by atoms with van der Waals surface area (Å²) in [4.78, 5) is 10.7. The first-order chi connectivity index (χ1) is 7.24. The number of methoxy groups -OCH3 is 1. The van der Waals surface area contributed by atoms with Crippen LogP contribution >= 0.6 is 0 Å². The quantitative estimate of drug-likeness (QED) is 0.661. The van der Waals surface area contributed by atoms with Gasteiger partial charge in [-0.25, -0.2) is 0 Å². The number of carbonyl (C=O) groups is 1. The van der Waals surface area contributed by atoms with E-state index < -0.39 is 0 Å². The second kappa shape index (κ2) is 6.80. The lowest BCUT2D eigenvalue weighted by molar-refractivity contribution is -0.118. The molecule has 0 bridgehead atoms. The minimum atomic E-state index is 0.0312. The number of nitrogens with one attached hydrogen (secondary N) is 2. The first kappa shape index (κ1) is 12.5. The smallest absolute Gasteiger partial charge is 0.216 e. The molecule has 1 aliphatic rings. The highest BCUT2D eigenvalue weighted by atomic mass is 16.5. The predicted octanol–water partition coefficient (Wildman–Crippen LogP) is 0.670. The van der Waals surface area contributed by atoms with E-state index in [4.69, 9.17) is 4.74 Å². The third-order valence-corrected chi connectivity index (χ3v) is 2.91. The number of hydrogen-bond donors (Lipinski definition) is 2. The van der Waals surface area contributed by atoms with Crippen molar-refractivity contribution in [3.05, 3.63) is 0 Å². The van der Waals surface area contributed by atoms with Crippen molar-refractivity contribution in [1.29, 1.82) is 0 Å². The van der Waals surface area contributed by atoms with Crippen LogP contribution < -0.4 is 10.6 Å². The lowest BCUT2D eigenvalue weighted by Gasteiger charge is -2.31. The summed E-state index contributed by atoms with van der Waals surface area (Å²) in [5.41, 5.74) is 0. The van der Waals surface area contributed by atoms with Crippen LogP contribution in [0.5, 0.6) is 0 Å². The van der Waals surface area contributed by atoms with Crippen molar-refractivity contribution in [2.45, 2.75) is 44.8 Å². The fraction of sp³-hybridized carbons (Fsp3) is 0.909. The van der Waals surface area contributed by atoms with Gasteiger partial charge in [0, 0.05) is 33.2 Å². The molecule has 15 heavy (non-hydrogen) atoms. The highest BCUT2D eigenvalue weighted by molar-refractivity contribution is 5.72. The van der Waals surface area contributed by atoms with Crippen molar-refractivity contribution in [3.8, 4) is 0 Å². The van der Waals surface area contributed by atoms with Gasteiger partial charge < -0.3 is 15.4 Å². The molecule has 88 valence electrons.